The zero-order valence-electron chi connectivity index (χ0n) is 9.15. The van der Waals surface area contributed by atoms with Gasteiger partial charge in [0, 0.05) is 16.9 Å². The average Bonchev–Trinajstić information content (AvgIpc) is 2.18. The van der Waals surface area contributed by atoms with Crippen molar-refractivity contribution in [3.05, 3.63) is 0 Å². The average molecular weight is 248 g/mol. The predicted octanol–water partition coefficient (Wildman–Crippen LogP) is 3.42. The Morgan fingerprint density at radius 3 is 2.23 bits per heavy atom. The largest absolute Gasteiger partial charge is 0.297 e. The number of hydrogen-bond acceptors (Lipinski definition) is 1. The van der Waals surface area contributed by atoms with Crippen LogP contribution in [-0.4, -0.2) is 28.9 Å². The van der Waals surface area contributed by atoms with Crippen LogP contribution < -0.4 is 0 Å². The molecule has 1 fully saturated rings. The fourth-order valence-corrected chi connectivity index (χ4v) is 2.45. The van der Waals surface area contributed by atoms with Crippen LogP contribution >= 0.6 is 15.9 Å². The minimum Gasteiger partial charge on any atom is -0.297 e. The lowest BCUT2D eigenvalue weighted by Crippen LogP contribution is -2.49. The second-order valence-corrected chi connectivity index (χ2v) is 5.41. The summed E-state index contributed by atoms with van der Waals surface area (Å²) in [6.07, 6.45) is 7.08. The highest BCUT2D eigenvalue weighted by Gasteiger charge is 2.29. The highest BCUT2D eigenvalue weighted by molar-refractivity contribution is 9.09. The second kappa shape index (κ2) is 4.79. The van der Waals surface area contributed by atoms with E-state index >= 15 is 0 Å². The highest BCUT2D eigenvalue weighted by atomic mass is 79.9. The first-order chi connectivity index (χ1) is 6.08. The van der Waals surface area contributed by atoms with E-state index < -0.39 is 0 Å². The van der Waals surface area contributed by atoms with Crippen LogP contribution in [0.15, 0.2) is 0 Å². The summed E-state index contributed by atoms with van der Waals surface area (Å²) in [5, 5.41) is 1.06. The minimum absolute atomic E-state index is 0.308. The molecule has 0 aromatic carbocycles. The molecule has 0 heterocycles. The third kappa shape index (κ3) is 2.95. The monoisotopic (exact) mass is 247 g/mol. The Morgan fingerprint density at radius 2 is 1.77 bits per heavy atom. The first kappa shape index (κ1) is 11.5. The molecule has 0 aromatic rings. The molecule has 0 atom stereocenters. The molecule has 1 rings (SSSR count). The quantitative estimate of drug-likeness (QED) is 0.692. The van der Waals surface area contributed by atoms with Gasteiger partial charge in [-0.05, 0) is 33.7 Å². The van der Waals surface area contributed by atoms with Crippen molar-refractivity contribution in [3.63, 3.8) is 0 Å². The van der Waals surface area contributed by atoms with Crippen molar-refractivity contribution in [1.82, 2.24) is 4.90 Å². The molecule has 0 radical (unpaired) electrons. The molecule has 0 spiro atoms. The lowest BCUT2D eigenvalue weighted by Gasteiger charge is -2.41. The van der Waals surface area contributed by atoms with Gasteiger partial charge in [-0.3, -0.25) is 4.90 Å². The van der Waals surface area contributed by atoms with Gasteiger partial charge in [0.1, 0.15) is 0 Å². The van der Waals surface area contributed by atoms with E-state index in [2.05, 4.69) is 41.7 Å². The molecule has 13 heavy (non-hydrogen) atoms. The lowest BCUT2D eigenvalue weighted by atomic mass is 9.91. The van der Waals surface area contributed by atoms with E-state index in [4.69, 9.17) is 0 Å². The Hall–Kier alpha value is 0.440. The van der Waals surface area contributed by atoms with Crippen LogP contribution in [-0.2, 0) is 0 Å². The molecule has 0 N–H and O–H groups in total. The zero-order valence-corrected chi connectivity index (χ0v) is 10.7. The standard InChI is InChI=1S/C11H22BrN/c1-11(2,9-12)13(3)10-7-5-4-6-8-10/h10H,4-9H2,1-3H3. The lowest BCUT2D eigenvalue weighted by molar-refractivity contribution is 0.0953. The highest BCUT2D eigenvalue weighted by Crippen LogP contribution is 2.27. The molecule has 0 aromatic heterocycles. The van der Waals surface area contributed by atoms with E-state index in [-0.39, 0.29) is 0 Å². The van der Waals surface area contributed by atoms with E-state index in [1.807, 2.05) is 0 Å². The van der Waals surface area contributed by atoms with E-state index in [9.17, 15) is 0 Å². The van der Waals surface area contributed by atoms with Gasteiger partial charge >= 0.3 is 0 Å². The second-order valence-electron chi connectivity index (χ2n) is 4.85. The van der Waals surface area contributed by atoms with Gasteiger partial charge in [0.15, 0.2) is 0 Å². The summed E-state index contributed by atoms with van der Waals surface area (Å²) in [5.74, 6) is 0. The molecule has 0 saturated heterocycles. The third-order valence-electron chi connectivity index (χ3n) is 3.40. The van der Waals surface area contributed by atoms with E-state index in [0.717, 1.165) is 11.4 Å². The molecule has 0 amide bonds. The van der Waals surface area contributed by atoms with Crippen LogP contribution in [0, 0.1) is 0 Å². The van der Waals surface area contributed by atoms with E-state index in [0.29, 0.717) is 5.54 Å². The van der Waals surface area contributed by atoms with Crippen molar-refractivity contribution < 1.29 is 0 Å². The van der Waals surface area contributed by atoms with Gasteiger partial charge in [-0.1, -0.05) is 35.2 Å². The summed E-state index contributed by atoms with van der Waals surface area (Å²) in [6.45, 7) is 4.63. The molecule has 1 saturated carbocycles. The Kier molecular flexibility index (Phi) is 4.24. The summed E-state index contributed by atoms with van der Waals surface area (Å²) in [7, 11) is 2.28. The first-order valence-electron chi connectivity index (χ1n) is 5.37. The van der Waals surface area contributed by atoms with Crippen LogP contribution in [0.5, 0.6) is 0 Å². The van der Waals surface area contributed by atoms with Gasteiger partial charge in [0.2, 0.25) is 0 Å². The summed E-state index contributed by atoms with van der Waals surface area (Å²) >= 11 is 3.60. The van der Waals surface area contributed by atoms with Crippen molar-refractivity contribution in [2.24, 2.45) is 0 Å². The molecule has 1 aliphatic carbocycles. The normalized spacial score (nSPS) is 21.0. The van der Waals surface area contributed by atoms with Gasteiger partial charge in [-0.15, -0.1) is 0 Å². The minimum atomic E-state index is 0.308. The maximum absolute atomic E-state index is 3.60. The molecule has 78 valence electrons. The zero-order chi connectivity index (χ0) is 9.90. The van der Waals surface area contributed by atoms with Gasteiger partial charge in [0.25, 0.3) is 0 Å². The Morgan fingerprint density at radius 1 is 1.23 bits per heavy atom. The molecule has 1 aliphatic rings. The topological polar surface area (TPSA) is 3.24 Å². The van der Waals surface area contributed by atoms with Crippen molar-refractivity contribution >= 4 is 15.9 Å². The molecule has 0 unspecified atom stereocenters. The number of alkyl halides is 1. The molecule has 0 bridgehead atoms. The Balaban J connectivity index is 2.49. The maximum Gasteiger partial charge on any atom is 0.0249 e. The summed E-state index contributed by atoms with van der Waals surface area (Å²) < 4.78 is 0. The third-order valence-corrected chi connectivity index (χ3v) is 4.78. The van der Waals surface area contributed by atoms with Crippen LogP contribution in [0.2, 0.25) is 0 Å². The predicted molar refractivity (Wildman–Crippen MR) is 62.5 cm³/mol. The molecule has 2 heteroatoms. The van der Waals surface area contributed by atoms with Crippen LogP contribution in [0.25, 0.3) is 0 Å². The number of hydrogen-bond donors (Lipinski definition) is 0. The van der Waals surface area contributed by atoms with Crippen molar-refractivity contribution in [3.8, 4) is 0 Å². The van der Waals surface area contributed by atoms with Gasteiger partial charge in [0.05, 0.1) is 0 Å². The molecular weight excluding hydrogens is 226 g/mol. The van der Waals surface area contributed by atoms with Gasteiger partial charge in [-0.25, -0.2) is 0 Å². The summed E-state index contributed by atoms with van der Waals surface area (Å²) in [4.78, 5) is 2.56. The number of nitrogens with zero attached hydrogens (tertiary/aromatic N) is 1. The van der Waals surface area contributed by atoms with Crippen molar-refractivity contribution in [2.75, 3.05) is 12.4 Å². The molecular formula is C11H22BrN. The smallest absolute Gasteiger partial charge is 0.0249 e. The van der Waals surface area contributed by atoms with Crippen LogP contribution in [0.1, 0.15) is 46.0 Å². The number of rotatable bonds is 3. The molecule has 1 nitrogen and oxygen atoms in total. The van der Waals surface area contributed by atoms with Crippen LogP contribution in [0.4, 0.5) is 0 Å². The van der Waals surface area contributed by atoms with E-state index in [1.165, 1.54) is 32.1 Å². The van der Waals surface area contributed by atoms with Gasteiger partial charge in [-0.2, -0.15) is 0 Å². The van der Waals surface area contributed by atoms with Crippen molar-refractivity contribution in [1.29, 1.82) is 0 Å². The fraction of sp³-hybridized carbons (Fsp3) is 1.00. The van der Waals surface area contributed by atoms with Crippen LogP contribution in [0.3, 0.4) is 0 Å². The SMILES string of the molecule is CN(C1CCCCC1)C(C)(C)CBr. The van der Waals surface area contributed by atoms with Crippen molar-refractivity contribution in [2.45, 2.75) is 57.5 Å². The maximum atomic E-state index is 3.60. The summed E-state index contributed by atoms with van der Waals surface area (Å²) in [6, 6.07) is 0.821. The summed E-state index contributed by atoms with van der Waals surface area (Å²) in [5.41, 5.74) is 0.308. The fourth-order valence-electron chi connectivity index (χ4n) is 2.06. The first-order valence-corrected chi connectivity index (χ1v) is 6.49. The Labute approximate surface area is 91.0 Å². The molecule has 0 aliphatic heterocycles. The van der Waals surface area contributed by atoms with E-state index in [1.54, 1.807) is 0 Å². The number of halogens is 1. The Bertz CT molecular complexity index is 150. The van der Waals surface area contributed by atoms with Gasteiger partial charge < -0.3 is 0 Å².